The maximum Gasteiger partial charge on any atom is 0.416 e. The summed E-state index contributed by atoms with van der Waals surface area (Å²) in [4.78, 5) is 39.6. The summed E-state index contributed by atoms with van der Waals surface area (Å²) in [6.07, 6.45) is -1.32. The molecule has 13 heteroatoms. The van der Waals surface area contributed by atoms with Crippen LogP contribution in [0, 0.1) is 0 Å². The summed E-state index contributed by atoms with van der Waals surface area (Å²) in [7, 11) is 1.81. The number of nitrogens with one attached hydrogen (secondary N) is 1. The second-order valence-electron chi connectivity index (χ2n) is 8.60. The van der Waals surface area contributed by atoms with Crippen LogP contribution in [0.3, 0.4) is 0 Å². The van der Waals surface area contributed by atoms with Crippen LogP contribution < -0.4 is 15.1 Å². The van der Waals surface area contributed by atoms with Crippen LogP contribution in [0.4, 0.5) is 30.4 Å². The van der Waals surface area contributed by atoms with Crippen molar-refractivity contribution in [2.45, 2.75) is 19.1 Å². The first-order chi connectivity index (χ1) is 16.6. The third-order valence-corrected chi connectivity index (χ3v) is 6.48. The van der Waals surface area contributed by atoms with Gasteiger partial charge in [-0.15, -0.1) is 0 Å². The molecule has 1 atom stereocenters. The number of aromatic nitrogens is 4. The summed E-state index contributed by atoms with van der Waals surface area (Å²) >= 11 is 0. The molecule has 4 heterocycles. The van der Waals surface area contributed by atoms with Crippen LogP contribution in [0.15, 0.2) is 30.7 Å². The van der Waals surface area contributed by atoms with Crippen LogP contribution in [0.1, 0.15) is 12.5 Å². The van der Waals surface area contributed by atoms with Crippen LogP contribution in [0.2, 0.25) is 0 Å². The second kappa shape index (κ2) is 8.48. The van der Waals surface area contributed by atoms with Crippen molar-refractivity contribution >= 4 is 40.0 Å². The lowest BCUT2D eigenvalue weighted by molar-refractivity contribution is -0.137. The predicted molar refractivity (Wildman–Crippen MR) is 122 cm³/mol. The van der Waals surface area contributed by atoms with Gasteiger partial charge in [0.2, 0.25) is 11.8 Å². The standard InChI is InChI=1S/C22H23F3N8O2/c1-13(21(35)33-11-18(34)29-16-9-14(22(23,24)25)3-4-17(16)33)31-5-7-32(8-6-31)20-15-10-28-30(2)19(15)26-12-27-20/h3-4,9-10,12-13H,5-8,11H2,1-2H3,(H,29,34)/t13-/m1/s1. The quantitative estimate of drug-likeness (QED) is 0.601. The van der Waals surface area contributed by atoms with Crippen molar-refractivity contribution in [3.63, 3.8) is 0 Å². The number of nitrogens with zero attached hydrogens (tertiary/aromatic N) is 7. The van der Waals surface area contributed by atoms with Gasteiger partial charge in [-0.3, -0.25) is 24.1 Å². The molecule has 0 saturated carbocycles. The highest BCUT2D eigenvalue weighted by Gasteiger charge is 2.36. The van der Waals surface area contributed by atoms with Gasteiger partial charge in [0.1, 0.15) is 18.7 Å². The van der Waals surface area contributed by atoms with E-state index < -0.39 is 23.7 Å². The predicted octanol–water partition coefficient (Wildman–Crippen LogP) is 1.88. The third kappa shape index (κ3) is 4.16. The number of rotatable bonds is 3. The number of hydrogen-bond donors (Lipinski definition) is 1. The number of carbonyl (C=O) groups excluding carboxylic acids is 2. The molecule has 0 aliphatic carbocycles. The second-order valence-corrected chi connectivity index (χ2v) is 8.60. The summed E-state index contributed by atoms with van der Waals surface area (Å²) in [5.41, 5.74) is 0.0814. The Morgan fingerprint density at radius 2 is 1.89 bits per heavy atom. The molecule has 3 aromatic rings. The molecule has 184 valence electrons. The van der Waals surface area contributed by atoms with Crippen molar-refractivity contribution in [2.75, 3.05) is 47.8 Å². The maximum atomic E-state index is 13.4. The zero-order chi connectivity index (χ0) is 24.9. The van der Waals surface area contributed by atoms with Crippen molar-refractivity contribution in [3.05, 3.63) is 36.3 Å². The van der Waals surface area contributed by atoms with E-state index in [9.17, 15) is 22.8 Å². The van der Waals surface area contributed by atoms with E-state index in [0.717, 1.165) is 29.0 Å². The van der Waals surface area contributed by atoms with Gasteiger partial charge in [-0.1, -0.05) is 0 Å². The molecule has 2 aliphatic heterocycles. The molecule has 2 amide bonds. The highest BCUT2D eigenvalue weighted by molar-refractivity contribution is 6.11. The number of carbonyl (C=O) groups is 2. The monoisotopic (exact) mass is 488 g/mol. The largest absolute Gasteiger partial charge is 0.416 e. The summed E-state index contributed by atoms with van der Waals surface area (Å²) in [5.74, 6) is -0.0961. The Morgan fingerprint density at radius 1 is 1.14 bits per heavy atom. The number of piperazine rings is 1. The molecule has 35 heavy (non-hydrogen) atoms. The molecule has 1 fully saturated rings. The van der Waals surface area contributed by atoms with Crippen molar-refractivity contribution in [3.8, 4) is 0 Å². The molecule has 2 aliphatic rings. The molecule has 0 radical (unpaired) electrons. The zero-order valence-corrected chi connectivity index (χ0v) is 19.1. The minimum atomic E-state index is -4.55. The van der Waals surface area contributed by atoms with Gasteiger partial charge in [0.15, 0.2) is 5.65 Å². The van der Waals surface area contributed by atoms with E-state index in [1.165, 1.54) is 17.3 Å². The fourth-order valence-electron chi connectivity index (χ4n) is 4.57. The topological polar surface area (TPSA) is 99.5 Å². The van der Waals surface area contributed by atoms with Crippen LogP contribution in [-0.2, 0) is 22.8 Å². The van der Waals surface area contributed by atoms with Crippen molar-refractivity contribution < 1.29 is 22.8 Å². The molecule has 0 spiro atoms. The van der Waals surface area contributed by atoms with E-state index >= 15 is 0 Å². The number of hydrogen-bond acceptors (Lipinski definition) is 7. The van der Waals surface area contributed by atoms with E-state index in [-0.39, 0.29) is 23.8 Å². The number of benzene rings is 1. The smallest absolute Gasteiger partial charge is 0.353 e. The highest BCUT2D eigenvalue weighted by Crippen LogP contribution is 2.37. The van der Waals surface area contributed by atoms with Crippen LogP contribution in [0.25, 0.3) is 11.0 Å². The lowest BCUT2D eigenvalue weighted by atomic mass is 10.1. The normalized spacial score (nSPS) is 17.9. The summed E-state index contributed by atoms with van der Waals surface area (Å²) in [6.45, 7) is 3.87. The van der Waals surface area contributed by atoms with Gasteiger partial charge in [-0.05, 0) is 25.1 Å². The molecule has 1 aromatic carbocycles. The Labute approximate surface area is 198 Å². The Kier molecular flexibility index (Phi) is 5.58. The first-order valence-corrected chi connectivity index (χ1v) is 11.1. The van der Waals surface area contributed by atoms with Gasteiger partial charge in [-0.25, -0.2) is 9.97 Å². The van der Waals surface area contributed by atoms with Crippen molar-refractivity contribution in [1.82, 2.24) is 24.6 Å². The average molecular weight is 488 g/mol. The van der Waals surface area contributed by atoms with Crippen LogP contribution in [-0.4, -0.2) is 75.2 Å². The molecule has 2 aromatic heterocycles. The van der Waals surface area contributed by atoms with Crippen molar-refractivity contribution in [1.29, 1.82) is 0 Å². The molecule has 0 unspecified atom stereocenters. The molecular weight excluding hydrogens is 465 g/mol. The summed E-state index contributed by atoms with van der Waals surface area (Å²) in [6, 6.07) is 2.44. The Balaban J connectivity index is 1.31. The van der Waals surface area contributed by atoms with Gasteiger partial charge >= 0.3 is 6.18 Å². The molecule has 5 rings (SSSR count). The number of halogens is 3. The van der Waals surface area contributed by atoms with Gasteiger partial charge in [0.05, 0.1) is 34.6 Å². The van der Waals surface area contributed by atoms with Crippen LogP contribution >= 0.6 is 0 Å². The minimum absolute atomic E-state index is 0.0225. The van der Waals surface area contributed by atoms with Gasteiger partial charge in [0, 0.05) is 33.2 Å². The van der Waals surface area contributed by atoms with E-state index in [1.54, 1.807) is 17.8 Å². The van der Waals surface area contributed by atoms with Gasteiger partial charge in [0.25, 0.3) is 0 Å². The SMILES string of the molecule is C[C@H](C(=O)N1CC(=O)Nc2cc(C(F)(F)F)ccc21)N1CCN(c2ncnc3c2cnn3C)CC1. The average Bonchev–Trinajstić information content (AvgIpc) is 3.22. The van der Waals surface area contributed by atoms with Crippen molar-refractivity contribution in [2.24, 2.45) is 7.05 Å². The van der Waals surface area contributed by atoms with Crippen LogP contribution in [0.5, 0.6) is 0 Å². The summed E-state index contributed by atoms with van der Waals surface area (Å²) < 4.78 is 41.0. The number of amides is 2. The lowest BCUT2D eigenvalue weighted by Crippen LogP contribution is -2.56. The number of alkyl halides is 3. The van der Waals surface area contributed by atoms with E-state index in [1.807, 2.05) is 11.9 Å². The lowest BCUT2D eigenvalue weighted by Gasteiger charge is -2.40. The van der Waals surface area contributed by atoms with Gasteiger partial charge in [-0.2, -0.15) is 18.3 Å². The van der Waals surface area contributed by atoms with E-state index in [0.29, 0.717) is 26.2 Å². The Bertz CT molecular complexity index is 1300. The molecule has 0 bridgehead atoms. The summed E-state index contributed by atoms with van der Waals surface area (Å²) in [5, 5.41) is 7.54. The first kappa shape index (κ1) is 23.0. The number of aryl methyl sites for hydroxylation is 1. The highest BCUT2D eigenvalue weighted by atomic mass is 19.4. The first-order valence-electron chi connectivity index (χ1n) is 11.1. The third-order valence-electron chi connectivity index (χ3n) is 6.48. The molecule has 10 nitrogen and oxygen atoms in total. The Hall–Kier alpha value is -3.74. The number of anilines is 3. The van der Waals surface area contributed by atoms with E-state index in [4.69, 9.17) is 0 Å². The van der Waals surface area contributed by atoms with E-state index in [2.05, 4.69) is 25.3 Å². The zero-order valence-electron chi connectivity index (χ0n) is 19.1. The minimum Gasteiger partial charge on any atom is -0.353 e. The fraction of sp³-hybridized carbons (Fsp3) is 0.409. The number of fused-ring (bicyclic) bond motifs is 2. The van der Waals surface area contributed by atoms with Gasteiger partial charge < -0.3 is 10.2 Å². The fourth-order valence-corrected chi connectivity index (χ4v) is 4.57. The Morgan fingerprint density at radius 3 is 2.60 bits per heavy atom. The molecule has 1 N–H and O–H groups in total. The molecule has 1 saturated heterocycles. The maximum absolute atomic E-state index is 13.4. The molecular formula is C22H23F3N8O2.